The Labute approximate surface area is 202 Å². The maximum Gasteiger partial charge on any atom is 0.264 e. The highest BCUT2D eigenvalue weighted by Gasteiger charge is 2.24. The van der Waals surface area contributed by atoms with E-state index >= 15 is 0 Å². The molecule has 0 saturated carbocycles. The Morgan fingerprint density at radius 1 is 1.06 bits per heavy atom. The molecule has 180 valence electrons. The van der Waals surface area contributed by atoms with Gasteiger partial charge in [0.15, 0.2) is 11.5 Å². The fourth-order valence-electron chi connectivity index (χ4n) is 3.66. The van der Waals surface area contributed by atoms with Crippen LogP contribution in [0.3, 0.4) is 0 Å². The quantitative estimate of drug-likeness (QED) is 0.359. The van der Waals surface area contributed by atoms with E-state index in [0.29, 0.717) is 61.4 Å². The van der Waals surface area contributed by atoms with Crippen molar-refractivity contribution in [3.63, 3.8) is 0 Å². The molecule has 9 heteroatoms. The Morgan fingerprint density at radius 3 is 2.71 bits per heavy atom. The minimum atomic E-state index is -0.171. The molecule has 0 aliphatic carbocycles. The monoisotopic (exact) mass is 484 g/mol. The maximum atomic E-state index is 13.5. The van der Waals surface area contributed by atoms with Crippen molar-refractivity contribution >= 4 is 23.2 Å². The number of furan rings is 1. The van der Waals surface area contributed by atoms with Crippen molar-refractivity contribution in [2.75, 3.05) is 33.1 Å². The highest BCUT2D eigenvalue weighted by molar-refractivity contribution is 7.12. The summed E-state index contributed by atoms with van der Waals surface area (Å²) in [6, 6.07) is 12.9. The van der Waals surface area contributed by atoms with Gasteiger partial charge in [0.05, 0.1) is 17.7 Å². The number of thiophene rings is 1. The number of carbonyl (C=O) groups excluding carboxylic acids is 2. The van der Waals surface area contributed by atoms with Crippen molar-refractivity contribution in [2.45, 2.75) is 26.4 Å². The molecule has 0 saturated heterocycles. The van der Waals surface area contributed by atoms with Gasteiger partial charge in [-0.25, -0.2) is 0 Å². The van der Waals surface area contributed by atoms with Gasteiger partial charge in [0.2, 0.25) is 12.7 Å². The highest BCUT2D eigenvalue weighted by atomic mass is 32.1. The first kappa shape index (κ1) is 23.8. The second-order valence-corrected chi connectivity index (χ2v) is 8.72. The molecule has 4 rings (SSSR count). The van der Waals surface area contributed by atoms with Gasteiger partial charge < -0.3 is 28.4 Å². The van der Waals surface area contributed by atoms with Gasteiger partial charge in [-0.05, 0) is 54.6 Å². The third-order valence-electron chi connectivity index (χ3n) is 5.36. The second kappa shape index (κ2) is 11.7. The molecule has 34 heavy (non-hydrogen) atoms. The molecule has 1 aliphatic heterocycles. The van der Waals surface area contributed by atoms with Crippen molar-refractivity contribution in [2.24, 2.45) is 0 Å². The third kappa shape index (κ3) is 6.18. The lowest BCUT2D eigenvalue weighted by molar-refractivity contribution is -0.133. The van der Waals surface area contributed by atoms with Gasteiger partial charge in [-0.2, -0.15) is 0 Å². The summed E-state index contributed by atoms with van der Waals surface area (Å²) < 4.78 is 21.8. The molecule has 0 bridgehead atoms. The highest BCUT2D eigenvalue weighted by Crippen LogP contribution is 2.33. The normalized spacial score (nSPS) is 12.0. The summed E-state index contributed by atoms with van der Waals surface area (Å²) in [5, 5.41) is 1.86. The number of benzene rings is 1. The standard InChI is InChI=1S/C25H28N2O6S/c1-2-30-11-5-10-26(25(29)23-7-4-13-34-23)17-24(28)27(16-20-6-3-12-31-20)15-19-8-9-21-22(14-19)33-18-32-21/h3-4,6-9,12-14H,2,5,10-11,15-18H2,1H3. The molecule has 3 aromatic rings. The summed E-state index contributed by atoms with van der Waals surface area (Å²) in [4.78, 5) is 30.5. The number of ether oxygens (including phenoxy) is 3. The van der Waals surface area contributed by atoms with Crippen LogP contribution in [-0.4, -0.2) is 54.7 Å². The van der Waals surface area contributed by atoms with Crippen molar-refractivity contribution in [1.82, 2.24) is 9.80 Å². The molecule has 8 nitrogen and oxygen atoms in total. The zero-order valence-corrected chi connectivity index (χ0v) is 19.9. The van der Waals surface area contributed by atoms with Gasteiger partial charge in [0, 0.05) is 26.3 Å². The van der Waals surface area contributed by atoms with E-state index in [-0.39, 0.29) is 25.2 Å². The van der Waals surface area contributed by atoms with Crippen molar-refractivity contribution in [3.05, 3.63) is 70.3 Å². The van der Waals surface area contributed by atoms with Crippen LogP contribution in [0.15, 0.2) is 58.5 Å². The summed E-state index contributed by atoms with van der Waals surface area (Å²) in [6.07, 6.45) is 2.23. The van der Waals surface area contributed by atoms with E-state index in [0.717, 1.165) is 5.56 Å². The number of nitrogens with zero attached hydrogens (tertiary/aromatic N) is 2. The smallest absolute Gasteiger partial charge is 0.264 e. The molecule has 0 spiro atoms. The predicted molar refractivity (Wildman–Crippen MR) is 127 cm³/mol. The molecule has 0 unspecified atom stereocenters. The third-order valence-corrected chi connectivity index (χ3v) is 6.21. The van der Waals surface area contributed by atoms with Crippen molar-refractivity contribution in [3.8, 4) is 11.5 Å². The van der Waals surface area contributed by atoms with E-state index in [1.807, 2.05) is 42.6 Å². The van der Waals surface area contributed by atoms with Crippen molar-refractivity contribution in [1.29, 1.82) is 0 Å². The van der Waals surface area contributed by atoms with E-state index in [9.17, 15) is 9.59 Å². The molecular weight excluding hydrogens is 456 g/mol. The van der Waals surface area contributed by atoms with Crippen molar-refractivity contribution < 1.29 is 28.2 Å². The number of hydrogen-bond acceptors (Lipinski definition) is 7. The number of rotatable bonds is 12. The van der Waals surface area contributed by atoms with Crippen LogP contribution in [0.5, 0.6) is 11.5 Å². The molecule has 0 radical (unpaired) electrons. The SMILES string of the molecule is CCOCCCN(CC(=O)N(Cc1ccc2c(c1)OCO2)Cc1ccco1)C(=O)c1cccs1. The summed E-state index contributed by atoms with van der Waals surface area (Å²) in [5.74, 6) is 1.70. The van der Waals surface area contributed by atoms with E-state index in [4.69, 9.17) is 18.6 Å². The van der Waals surface area contributed by atoms with Crippen LogP contribution in [0, 0.1) is 0 Å². The average Bonchev–Trinajstić information content (AvgIpc) is 3.62. The molecule has 0 atom stereocenters. The molecule has 0 N–H and O–H groups in total. The van der Waals surface area contributed by atoms with Crippen LogP contribution in [0.25, 0.3) is 0 Å². The number of carbonyl (C=O) groups is 2. The summed E-state index contributed by atoms with van der Waals surface area (Å²) in [6.45, 7) is 4.30. The van der Waals surface area contributed by atoms with Crippen LogP contribution in [0.1, 0.15) is 34.3 Å². The fraction of sp³-hybridized carbons (Fsp3) is 0.360. The lowest BCUT2D eigenvalue weighted by Gasteiger charge is -2.27. The average molecular weight is 485 g/mol. The first-order valence-corrected chi connectivity index (χ1v) is 12.1. The molecule has 2 amide bonds. The van der Waals surface area contributed by atoms with Crippen LogP contribution < -0.4 is 9.47 Å². The molecule has 3 heterocycles. The number of fused-ring (bicyclic) bond motifs is 1. The van der Waals surface area contributed by atoms with E-state index in [1.54, 1.807) is 28.2 Å². The summed E-state index contributed by atoms with van der Waals surface area (Å²) in [7, 11) is 0. The van der Waals surface area contributed by atoms with E-state index in [1.165, 1.54) is 11.3 Å². The zero-order valence-electron chi connectivity index (χ0n) is 19.1. The van der Waals surface area contributed by atoms with Gasteiger partial charge in [-0.1, -0.05) is 12.1 Å². The topological polar surface area (TPSA) is 81.5 Å². The molecular formula is C25H28N2O6S. The Hall–Kier alpha value is -3.30. The Morgan fingerprint density at radius 2 is 1.94 bits per heavy atom. The summed E-state index contributed by atoms with van der Waals surface area (Å²) >= 11 is 1.37. The number of hydrogen-bond donors (Lipinski definition) is 0. The van der Waals surface area contributed by atoms with Crippen LogP contribution in [-0.2, 0) is 22.6 Å². The molecule has 1 aliphatic rings. The fourth-order valence-corrected chi connectivity index (χ4v) is 4.35. The number of amides is 2. The van der Waals surface area contributed by atoms with Gasteiger partial charge in [0.25, 0.3) is 5.91 Å². The lowest BCUT2D eigenvalue weighted by Crippen LogP contribution is -2.43. The minimum Gasteiger partial charge on any atom is -0.467 e. The van der Waals surface area contributed by atoms with Gasteiger partial charge in [0.1, 0.15) is 12.3 Å². The minimum absolute atomic E-state index is 0.0336. The Balaban J connectivity index is 1.49. The van der Waals surface area contributed by atoms with Gasteiger partial charge in [-0.3, -0.25) is 9.59 Å². The Bertz CT molecular complexity index is 1070. The lowest BCUT2D eigenvalue weighted by atomic mass is 10.1. The van der Waals surface area contributed by atoms with Gasteiger partial charge in [-0.15, -0.1) is 11.3 Å². The Kier molecular flexibility index (Phi) is 8.21. The van der Waals surface area contributed by atoms with E-state index < -0.39 is 0 Å². The van der Waals surface area contributed by atoms with Crippen LogP contribution in [0.2, 0.25) is 0 Å². The van der Waals surface area contributed by atoms with Crippen LogP contribution >= 0.6 is 11.3 Å². The zero-order chi connectivity index (χ0) is 23.8. The maximum absolute atomic E-state index is 13.5. The first-order valence-electron chi connectivity index (χ1n) is 11.2. The van der Waals surface area contributed by atoms with E-state index in [2.05, 4.69) is 0 Å². The largest absolute Gasteiger partial charge is 0.467 e. The first-order chi connectivity index (χ1) is 16.6. The second-order valence-electron chi connectivity index (χ2n) is 7.77. The predicted octanol–water partition coefficient (Wildman–Crippen LogP) is 4.17. The van der Waals surface area contributed by atoms with Crippen LogP contribution in [0.4, 0.5) is 0 Å². The summed E-state index contributed by atoms with van der Waals surface area (Å²) in [5.41, 5.74) is 0.900. The molecule has 1 aromatic carbocycles. The molecule has 2 aromatic heterocycles. The van der Waals surface area contributed by atoms with Gasteiger partial charge >= 0.3 is 0 Å². The molecule has 0 fully saturated rings.